The van der Waals surface area contributed by atoms with Gasteiger partial charge >= 0.3 is 5.37 Å². The van der Waals surface area contributed by atoms with Gasteiger partial charge in [-0.1, -0.05) is 18.2 Å². The van der Waals surface area contributed by atoms with E-state index in [4.69, 9.17) is 11.6 Å². The smallest absolute Gasteiger partial charge is 0.318 e. The number of benzene rings is 4. The topological polar surface area (TPSA) is 140 Å². The zero-order chi connectivity index (χ0) is 29.4. The number of nitrogens with one attached hydrogen (secondary N) is 6. The average Bonchev–Trinajstić information content (AvgIpc) is 2.97. The molecule has 0 radical (unpaired) electrons. The fraction of sp³-hybridized carbons (Fsp3) is 0.0667. The first-order chi connectivity index (χ1) is 19.7. The zero-order valence-corrected chi connectivity index (χ0v) is 22.9. The van der Waals surface area contributed by atoms with E-state index < -0.39 is 23.1 Å². The molecular weight excluding hydrogens is 544 g/mol. The second-order valence-electron chi connectivity index (χ2n) is 8.80. The number of hydrogen-bond acceptors (Lipinski definition) is 6. The summed E-state index contributed by atoms with van der Waals surface area (Å²) >= 11 is 5.39. The summed E-state index contributed by atoms with van der Waals surface area (Å²) in [7, 11) is 3.53. The van der Waals surface area contributed by atoms with Gasteiger partial charge in [-0.2, -0.15) is 0 Å². The summed E-state index contributed by atoms with van der Waals surface area (Å²) in [6.07, 6.45) is 0. The molecule has 0 aliphatic rings. The molecule has 0 saturated heterocycles. The van der Waals surface area contributed by atoms with Crippen LogP contribution >= 0.6 is 11.6 Å². The van der Waals surface area contributed by atoms with Crippen molar-refractivity contribution in [3.8, 4) is 0 Å². The average molecular weight is 571 g/mol. The molecule has 0 bridgehead atoms. The van der Waals surface area contributed by atoms with Gasteiger partial charge in [-0.05, 0) is 84.4 Å². The van der Waals surface area contributed by atoms with Crippen LogP contribution in [0.2, 0.25) is 0 Å². The third-order valence-corrected chi connectivity index (χ3v) is 6.00. The van der Waals surface area contributed by atoms with E-state index in [9.17, 15) is 19.2 Å². The lowest BCUT2D eigenvalue weighted by Crippen LogP contribution is -2.19. The van der Waals surface area contributed by atoms with Crippen LogP contribution in [0, 0.1) is 0 Å². The highest BCUT2D eigenvalue weighted by molar-refractivity contribution is 6.65. The first kappa shape index (κ1) is 28.7. The Balaban J connectivity index is 1.65. The number of hydrogen-bond donors (Lipinski definition) is 6. The highest BCUT2D eigenvalue weighted by atomic mass is 35.5. The van der Waals surface area contributed by atoms with Crippen LogP contribution in [0.4, 0.5) is 38.9 Å². The minimum Gasteiger partial charge on any atom is -0.388 e. The Morgan fingerprint density at radius 3 is 1.07 bits per heavy atom. The summed E-state index contributed by atoms with van der Waals surface area (Å²) in [5.41, 5.74) is 3.68. The van der Waals surface area contributed by atoms with Crippen LogP contribution in [-0.4, -0.2) is 37.2 Å². The fourth-order valence-electron chi connectivity index (χ4n) is 3.92. The van der Waals surface area contributed by atoms with E-state index >= 15 is 0 Å². The maximum atomic E-state index is 13.3. The zero-order valence-electron chi connectivity index (χ0n) is 22.2. The van der Waals surface area contributed by atoms with Crippen molar-refractivity contribution in [2.45, 2.75) is 0 Å². The molecule has 6 N–H and O–H groups in total. The van der Waals surface area contributed by atoms with Gasteiger partial charge in [0.05, 0.1) is 0 Å². The molecule has 0 aliphatic carbocycles. The quantitative estimate of drug-likeness (QED) is 0.103. The largest absolute Gasteiger partial charge is 0.388 e. The molecule has 0 heterocycles. The van der Waals surface area contributed by atoms with Crippen LogP contribution < -0.4 is 31.9 Å². The van der Waals surface area contributed by atoms with Crippen LogP contribution in [0.15, 0.2) is 91.0 Å². The Morgan fingerprint density at radius 1 is 0.463 bits per heavy atom. The van der Waals surface area contributed by atoms with Gasteiger partial charge in [0.15, 0.2) is 0 Å². The van der Waals surface area contributed by atoms with Crippen LogP contribution in [0.3, 0.4) is 0 Å². The Bertz CT molecular complexity index is 1540. The number of carbonyl (C=O) groups excluding carboxylic acids is 4. The van der Waals surface area contributed by atoms with Crippen LogP contribution in [0.5, 0.6) is 0 Å². The second kappa shape index (κ2) is 13.1. The molecule has 208 valence electrons. The maximum Gasteiger partial charge on any atom is 0.318 e. The van der Waals surface area contributed by atoms with E-state index in [0.29, 0.717) is 22.7 Å². The van der Waals surface area contributed by atoms with Crippen molar-refractivity contribution < 1.29 is 19.2 Å². The fourth-order valence-corrected chi connectivity index (χ4v) is 4.03. The number of amides is 4. The molecule has 0 saturated carbocycles. The van der Waals surface area contributed by atoms with Crippen LogP contribution in [-0.2, 0) is 0 Å². The summed E-state index contributed by atoms with van der Waals surface area (Å²) in [5, 5.41) is 16.0. The molecule has 4 amide bonds. The predicted octanol–water partition coefficient (Wildman–Crippen LogP) is 6.30. The molecule has 10 nitrogen and oxygen atoms in total. The monoisotopic (exact) mass is 570 g/mol. The van der Waals surface area contributed by atoms with Crippen molar-refractivity contribution in [3.05, 3.63) is 108 Å². The predicted molar refractivity (Wildman–Crippen MR) is 164 cm³/mol. The van der Waals surface area contributed by atoms with Crippen molar-refractivity contribution >= 4 is 68.8 Å². The minimum atomic E-state index is -0.775. The van der Waals surface area contributed by atoms with Crippen molar-refractivity contribution in [2.75, 3.05) is 46.0 Å². The first-order valence-electron chi connectivity index (χ1n) is 12.5. The van der Waals surface area contributed by atoms with Crippen LogP contribution in [0.1, 0.15) is 31.1 Å². The summed E-state index contributed by atoms with van der Waals surface area (Å²) < 4.78 is 0. The molecule has 0 aromatic heterocycles. The normalized spacial score (nSPS) is 10.2. The van der Waals surface area contributed by atoms with E-state index in [-0.39, 0.29) is 16.7 Å². The Kier molecular flexibility index (Phi) is 9.18. The van der Waals surface area contributed by atoms with Gasteiger partial charge in [0, 0.05) is 64.9 Å². The number of carbonyl (C=O) groups is 4. The molecule has 0 spiro atoms. The van der Waals surface area contributed by atoms with Gasteiger partial charge in [0.1, 0.15) is 0 Å². The van der Waals surface area contributed by atoms with E-state index in [0.717, 1.165) is 11.4 Å². The maximum absolute atomic E-state index is 13.3. The molecule has 11 heteroatoms. The second-order valence-corrected chi connectivity index (χ2v) is 9.15. The molecule has 4 aromatic carbocycles. The first-order valence-corrected chi connectivity index (χ1v) is 12.8. The molecule has 0 unspecified atom stereocenters. The summed E-state index contributed by atoms with van der Waals surface area (Å²) in [6, 6.07) is 24.8. The van der Waals surface area contributed by atoms with Crippen LogP contribution in [0.25, 0.3) is 0 Å². The van der Waals surface area contributed by atoms with Gasteiger partial charge in [-0.3, -0.25) is 19.2 Å². The Hall–Kier alpha value is -5.35. The molecule has 0 atom stereocenters. The summed E-state index contributed by atoms with van der Waals surface area (Å²) in [4.78, 5) is 51.0. The lowest BCUT2D eigenvalue weighted by molar-refractivity contribution is 0.102. The van der Waals surface area contributed by atoms with Gasteiger partial charge in [0.25, 0.3) is 17.7 Å². The lowest BCUT2D eigenvalue weighted by Gasteiger charge is -2.13. The van der Waals surface area contributed by atoms with Crippen molar-refractivity contribution in [1.29, 1.82) is 0 Å². The van der Waals surface area contributed by atoms with Gasteiger partial charge < -0.3 is 31.9 Å². The summed E-state index contributed by atoms with van der Waals surface area (Å²) in [5.74, 6) is -1.59. The van der Waals surface area contributed by atoms with Gasteiger partial charge in [-0.15, -0.1) is 0 Å². The lowest BCUT2D eigenvalue weighted by atomic mass is 10.0. The molecule has 0 fully saturated rings. The van der Waals surface area contributed by atoms with Crippen molar-refractivity contribution in [3.63, 3.8) is 0 Å². The third-order valence-electron chi connectivity index (χ3n) is 5.90. The SMILES string of the molecule is CNc1cccc(NC(=O)c2cc(C(=O)Nc3cccc(NC)c3)cc(C(=O)Nc3cccc(NC(=O)Cl)c3)c2)c1. The number of rotatable bonds is 9. The van der Waals surface area contributed by atoms with Gasteiger partial charge in [0.2, 0.25) is 0 Å². The van der Waals surface area contributed by atoms with Crippen molar-refractivity contribution in [1.82, 2.24) is 0 Å². The minimum absolute atomic E-state index is 0.0718. The van der Waals surface area contributed by atoms with E-state index in [1.54, 1.807) is 68.7 Å². The molecule has 4 aromatic rings. The number of anilines is 6. The number of halogens is 1. The molecular formula is C30H27ClN6O4. The summed E-state index contributed by atoms with van der Waals surface area (Å²) in [6.45, 7) is 0. The molecule has 4 rings (SSSR count). The molecule has 41 heavy (non-hydrogen) atoms. The van der Waals surface area contributed by atoms with E-state index in [1.807, 2.05) is 12.1 Å². The Labute approximate surface area is 241 Å². The third kappa shape index (κ3) is 7.84. The van der Waals surface area contributed by atoms with E-state index in [2.05, 4.69) is 31.9 Å². The highest BCUT2D eigenvalue weighted by Gasteiger charge is 2.18. The van der Waals surface area contributed by atoms with Crippen molar-refractivity contribution in [2.24, 2.45) is 0 Å². The molecule has 0 aliphatic heterocycles. The standard InChI is InChI=1S/C30H27ClN6O4/c1-32-21-6-3-8-23(15-21)34-27(38)18-12-19(28(39)35-24-9-4-7-22(16-24)33-2)14-20(13-18)29(40)36-25-10-5-11-26(17-25)37-30(31)41/h3-17,32-33H,1-2H3,(H,34,38)(H,35,39)(H,36,40)(H,37,41). The van der Waals surface area contributed by atoms with Gasteiger partial charge in [-0.25, -0.2) is 0 Å². The van der Waals surface area contributed by atoms with E-state index in [1.165, 1.54) is 24.3 Å². The Morgan fingerprint density at radius 2 is 0.756 bits per heavy atom. The highest BCUT2D eigenvalue weighted by Crippen LogP contribution is 2.21.